The van der Waals surface area contributed by atoms with Gasteiger partial charge in [-0.3, -0.25) is 9.59 Å². The van der Waals surface area contributed by atoms with Crippen molar-refractivity contribution in [1.29, 1.82) is 0 Å². The summed E-state index contributed by atoms with van der Waals surface area (Å²) in [7, 11) is 1.97. The normalized spacial score (nSPS) is 17.0. The number of amides is 1. The van der Waals surface area contributed by atoms with Crippen LogP contribution in [0.3, 0.4) is 0 Å². The van der Waals surface area contributed by atoms with Crippen molar-refractivity contribution in [2.24, 2.45) is 5.92 Å². The van der Waals surface area contributed by atoms with Crippen LogP contribution in [0, 0.1) is 5.92 Å². The summed E-state index contributed by atoms with van der Waals surface area (Å²) in [6.45, 7) is 0.485. The van der Waals surface area contributed by atoms with Gasteiger partial charge in [0.15, 0.2) is 6.61 Å². The summed E-state index contributed by atoms with van der Waals surface area (Å²) in [6, 6.07) is 11.1. The number of hydrogen-bond donors (Lipinski definition) is 0. The topological polar surface area (TPSA) is 87.2 Å². The van der Waals surface area contributed by atoms with Crippen molar-refractivity contribution < 1.29 is 22.7 Å². The van der Waals surface area contributed by atoms with E-state index in [4.69, 9.17) is 4.74 Å². The van der Waals surface area contributed by atoms with Crippen LogP contribution in [0.15, 0.2) is 46.0 Å². The lowest BCUT2D eigenvalue weighted by Gasteiger charge is -2.30. The van der Waals surface area contributed by atoms with Crippen LogP contribution in [0.25, 0.3) is 0 Å². The van der Waals surface area contributed by atoms with Crippen LogP contribution in [-0.2, 0) is 30.9 Å². The fourth-order valence-corrected chi connectivity index (χ4v) is 6.18. The fourth-order valence-electron chi connectivity index (χ4n) is 3.51. The summed E-state index contributed by atoms with van der Waals surface area (Å²) in [6.07, 6.45) is 1.11. The Labute approximate surface area is 193 Å². The van der Waals surface area contributed by atoms with Crippen molar-refractivity contribution in [2.45, 2.75) is 23.6 Å². The summed E-state index contributed by atoms with van der Waals surface area (Å²) >= 11 is 1.15. The lowest BCUT2D eigenvalue weighted by molar-refractivity contribution is -0.156. The molecule has 0 saturated carbocycles. The van der Waals surface area contributed by atoms with Gasteiger partial charge in [0, 0.05) is 46.5 Å². The molecule has 2 aromatic rings. The van der Waals surface area contributed by atoms with E-state index in [-0.39, 0.29) is 23.3 Å². The second-order valence-corrected chi connectivity index (χ2v) is 11.2. The van der Waals surface area contributed by atoms with Gasteiger partial charge in [-0.2, -0.15) is 4.31 Å². The van der Waals surface area contributed by atoms with Gasteiger partial charge < -0.3 is 14.5 Å². The molecule has 1 aliphatic heterocycles. The van der Waals surface area contributed by atoms with Gasteiger partial charge in [-0.15, -0.1) is 11.3 Å². The van der Waals surface area contributed by atoms with Gasteiger partial charge in [0.25, 0.3) is 15.9 Å². The van der Waals surface area contributed by atoms with Crippen LogP contribution in [0.1, 0.15) is 18.4 Å². The molecule has 8 nitrogen and oxygen atoms in total. The van der Waals surface area contributed by atoms with Crippen LogP contribution >= 0.6 is 11.3 Å². The standard InChI is InChI=1S/C22H29N3O5S2/c1-23(2)19-10-8-17(9-11-19)14-24(3)20(26)16-30-22(27)18-6-4-12-25(15-18)32(28,29)21-7-5-13-31-21/h5,7-11,13,18H,4,6,12,14-16H2,1-3H3. The van der Waals surface area contributed by atoms with Crippen molar-refractivity contribution in [2.75, 3.05) is 45.7 Å². The lowest BCUT2D eigenvalue weighted by Crippen LogP contribution is -2.43. The Morgan fingerprint density at radius 1 is 1.16 bits per heavy atom. The minimum absolute atomic E-state index is 0.0708. The van der Waals surface area contributed by atoms with Gasteiger partial charge in [-0.1, -0.05) is 18.2 Å². The van der Waals surface area contributed by atoms with E-state index in [1.54, 1.807) is 24.6 Å². The van der Waals surface area contributed by atoms with Crippen molar-refractivity contribution in [3.63, 3.8) is 0 Å². The molecule has 1 aromatic heterocycles. The zero-order valence-electron chi connectivity index (χ0n) is 18.6. The first kappa shape index (κ1) is 24.2. The Bertz CT molecular complexity index is 1020. The molecule has 0 aliphatic carbocycles. The fraction of sp³-hybridized carbons (Fsp3) is 0.455. The first-order valence-electron chi connectivity index (χ1n) is 10.4. The molecular weight excluding hydrogens is 450 g/mol. The molecule has 174 valence electrons. The van der Waals surface area contributed by atoms with Crippen molar-refractivity contribution in [3.8, 4) is 0 Å². The number of sulfonamides is 1. The molecule has 3 rings (SSSR count). The third-order valence-corrected chi connectivity index (χ3v) is 8.68. The zero-order chi connectivity index (χ0) is 23.3. The van der Waals surface area contributed by atoms with Crippen LogP contribution < -0.4 is 4.90 Å². The highest BCUT2D eigenvalue weighted by Gasteiger charge is 2.34. The number of piperidine rings is 1. The summed E-state index contributed by atoms with van der Waals surface area (Å²) in [4.78, 5) is 28.5. The molecule has 1 aliphatic rings. The summed E-state index contributed by atoms with van der Waals surface area (Å²) in [5, 5.41) is 1.71. The van der Waals surface area contributed by atoms with Gasteiger partial charge >= 0.3 is 5.97 Å². The molecule has 1 atom stereocenters. The number of hydrogen-bond acceptors (Lipinski definition) is 7. The Balaban J connectivity index is 1.50. The number of carbonyl (C=O) groups is 2. The van der Waals surface area contributed by atoms with Crippen molar-refractivity contribution >= 4 is 38.9 Å². The molecule has 0 bridgehead atoms. The molecule has 0 radical (unpaired) electrons. The van der Waals surface area contributed by atoms with E-state index in [1.165, 1.54) is 9.21 Å². The molecule has 1 fully saturated rings. The van der Waals surface area contributed by atoms with E-state index < -0.39 is 21.9 Å². The lowest BCUT2D eigenvalue weighted by atomic mass is 10.00. The van der Waals surface area contributed by atoms with Crippen LogP contribution in [0.4, 0.5) is 5.69 Å². The predicted octanol–water partition coefficient (Wildman–Crippen LogP) is 2.42. The first-order chi connectivity index (χ1) is 15.2. The maximum absolute atomic E-state index is 12.7. The number of likely N-dealkylation sites (N-methyl/N-ethyl adjacent to an activating group) is 1. The Morgan fingerprint density at radius 3 is 2.50 bits per heavy atom. The molecule has 0 spiro atoms. The van der Waals surface area contributed by atoms with Crippen LogP contribution in [0.5, 0.6) is 0 Å². The van der Waals surface area contributed by atoms with Gasteiger partial charge in [0.2, 0.25) is 0 Å². The van der Waals surface area contributed by atoms with E-state index in [1.807, 2.05) is 43.3 Å². The van der Waals surface area contributed by atoms with E-state index in [0.717, 1.165) is 22.6 Å². The van der Waals surface area contributed by atoms with Gasteiger partial charge in [0.1, 0.15) is 4.21 Å². The molecule has 1 amide bonds. The Kier molecular flexibility index (Phi) is 7.91. The number of anilines is 1. The third-order valence-electron chi connectivity index (χ3n) is 5.44. The summed E-state index contributed by atoms with van der Waals surface area (Å²) < 4.78 is 32.3. The number of carbonyl (C=O) groups excluding carboxylic acids is 2. The Hall–Kier alpha value is -2.43. The second kappa shape index (κ2) is 10.5. The molecule has 32 heavy (non-hydrogen) atoms. The second-order valence-electron chi connectivity index (χ2n) is 8.05. The largest absolute Gasteiger partial charge is 0.455 e. The smallest absolute Gasteiger partial charge is 0.310 e. The summed E-state index contributed by atoms with van der Waals surface area (Å²) in [5.41, 5.74) is 2.04. The molecule has 0 N–H and O–H groups in total. The predicted molar refractivity (Wildman–Crippen MR) is 124 cm³/mol. The number of thiophene rings is 1. The average Bonchev–Trinajstić information content (AvgIpc) is 3.33. The highest BCUT2D eigenvalue weighted by atomic mass is 32.2. The number of rotatable bonds is 8. The maximum Gasteiger partial charge on any atom is 0.310 e. The molecule has 1 aromatic carbocycles. The molecule has 1 unspecified atom stereocenters. The van der Waals surface area contributed by atoms with Crippen molar-refractivity contribution in [3.05, 3.63) is 47.3 Å². The summed E-state index contributed by atoms with van der Waals surface area (Å²) in [5.74, 6) is -1.42. The quantitative estimate of drug-likeness (QED) is 0.541. The molecule has 1 saturated heterocycles. The maximum atomic E-state index is 12.7. The van der Waals surface area contributed by atoms with E-state index in [0.29, 0.717) is 25.9 Å². The number of benzene rings is 1. The van der Waals surface area contributed by atoms with E-state index in [9.17, 15) is 18.0 Å². The van der Waals surface area contributed by atoms with Gasteiger partial charge in [-0.05, 0) is 42.0 Å². The van der Waals surface area contributed by atoms with E-state index >= 15 is 0 Å². The number of nitrogens with zero attached hydrogens (tertiary/aromatic N) is 3. The highest BCUT2D eigenvalue weighted by Crippen LogP contribution is 2.27. The Morgan fingerprint density at radius 2 is 1.88 bits per heavy atom. The first-order valence-corrected chi connectivity index (χ1v) is 12.7. The third kappa shape index (κ3) is 5.87. The SMILES string of the molecule is CN(Cc1ccc(N(C)C)cc1)C(=O)COC(=O)C1CCCN(S(=O)(=O)c2cccs2)C1. The van der Waals surface area contributed by atoms with E-state index in [2.05, 4.69) is 0 Å². The minimum atomic E-state index is -3.61. The van der Waals surface area contributed by atoms with Gasteiger partial charge in [-0.25, -0.2) is 8.42 Å². The minimum Gasteiger partial charge on any atom is -0.455 e. The number of ether oxygens (including phenoxy) is 1. The van der Waals surface area contributed by atoms with Crippen LogP contribution in [-0.4, -0.2) is 70.3 Å². The van der Waals surface area contributed by atoms with Crippen LogP contribution in [0.2, 0.25) is 0 Å². The zero-order valence-corrected chi connectivity index (χ0v) is 20.2. The van der Waals surface area contributed by atoms with Crippen molar-refractivity contribution in [1.82, 2.24) is 9.21 Å². The average molecular weight is 480 g/mol. The van der Waals surface area contributed by atoms with Gasteiger partial charge in [0.05, 0.1) is 5.92 Å². The monoisotopic (exact) mass is 479 g/mol. The molecular formula is C22H29N3O5S2. The molecule has 2 heterocycles. The highest BCUT2D eigenvalue weighted by molar-refractivity contribution is 7.91. The molecule has 10 heteroatoms. The number of esters is 1.